The highest BCUT2D eigenvalue weighted by Gasteiger charge is 2.16. The Bertz CT molecular complexity index is 1020. The molecule has 9 nitrogen and oxygen atoms in total. The molecule has 0 N–H and O–H groups in total. The van der Waals surface area contributed by atoms with E-state index in [0.717, 1.165) is 23.1 Å². The van der Waals surface area contributed by atoms with E-state index in [2.05, 4.69) is 10.2 Å². The van der Waals surface area contributed by atoms with Crippen molar-refractivity contribution in [2.75, 3.05) is 19.9 Å². The second-order valence-electron chi connectivity index (χ2n) is 6.03. The maximum Gasteiger partial charge on any atom is 0.277 e. The van der Waals surface area contributed by atoms with Crippen molar-refractivity contribution in [3.8, 4) is 17.2 Å². The smallest absolute Gasteiger partial charge is 0.277 e. The number of rotatable bonds is 8. The van der Waals surface area contributed by atoms with Gasteiger partial charge in [-0.25, -0.2) is 0 Å². The molecule has 10 heteroatoms. The van der Waals surface area contributed by atoms with E-state index < -0.39 is 4.92 Å². The van der Waals surface area contributed by atoms with Gasteiger partial charge in [0.25, 0.3) is 10.9 Å². The summed E-state index contributed by atoms with van der Waals surface area (Å²) in [6.45, 7) is 0.409. The number of thioether (sulfide) groups is 1. The third-order valence-electron chi connectivity index (χ3n) is 4.06. The molecule has 0 aliphatic heterocycles. The number of hydrogen-bond acceptors (Lipinski definition) is 8. The molecule has 150 valence electrons. The lowest BCUT2D eigenvalue weighted by atomic mass is 10.2. The minimum atomic E-state index is -0.494. The number of nitro benzene ring substituents is 1. The molecule has 0 aliphatic carbocycles. The SMILES string of the molecule is COc1ccccc1CN(C)C(=O)CSc1nnc(-c2cccc([N+](=O)[O-])c2)o1. The number of para-hydroxylation sites is 1. The van der Waals surface area contributed by atoms with Gasteiger partial charge in [0.05, 0.1) is 17.8 Å². The van der Waals surface area contributed by atoms with Crippen LogP contribution in [0.25, 0.3) is 11.5 Å². The quantitative estimate of drug-likeness (QED) is 0.313. The molecule has 1 amide bonds. The number of ether oxygens (including phenoxy) is 1. The van der Waals surface area contributed by atoms with Crippen molar-refractivity contribution in [2.24, 2.45) is 0 Å². The maximum absolute atomic E-state index is 12.4. The normalized spacial score (nSPS) is 10.6. The van der Waals surface area contributed by atoms with Gasteiger partial charge >= 0.3 is 0 Å². The first-order valence-corrected chi connectivity index (χ1v) is 9.53. The summed E-state index contributed by atoms with van der Waals surface area (Å²) in [6.07, 6.45) is 0. The van der Waals surface area contributed by atoms with E-state index in [-0.39, 0.29) is 28.5 Å². The summed E-state index contributed by atoms with van der Waals surface area (Å²) >= 11 is 1.11. The average molecular weight is 414 g/mol. The van der Waals surface area contributed by atoms with Crippen molar-refractivity contribution in [1.82, 2.24) is 15.1 Å². The first-order valence-electron chi connectivity index (χ1n) is 8.55. The van der Waals surface area contributed by atoms with Crippen molar-refractivity contribution in [2.45, 2.75) is 11.8 Å². The fourth-order valence-corrected chi connectivity index (χ4v) is 3.25. The number of hydrogen-bond donors (Lipinski definition) is 0. The lowest BCUT2D eigenvalue weighted by Gasteiger charge is -2.18. The van der Waals surface area contributed by atoms with Crippen molar-refractivity contribution in [3.63, 3.8) is 0 Å². The van der Waals surface area contributed by atoms with E-state index in [1.54, 1.807) is 31.2 Å². The van der Waals surface area contributed by atoms with E-state index in [9.17, 15) is 14.9 Å². The van der Waals surface area contributed by atoms with Crippen molar-refractivity contribution in [1.29, 1.82) is 0 Å². The van der Waals surface area contributed by atoms with Gasteiger partial charge in [-0.15, -0.1) is 10.2 Å². The monoisotopic (exact) mass is 414 g/mol. The summed E-state index contributed by atoms with van der Waals surface area (Å²) in [5.41, 5.74) is 1.28. The summed E-state index contributed by atoms with van der Waals surface area (Å²) in [7, 11) is 3.29. The molecule has 0 fully saturated rings. The topological polar surface area (TPSA) is 112 Å². The van der Waals surface area contributed by atoms with Crippen LogP contribution >= 0.6 is 11.8 Å². The molecular weight excluding hydrogens is 396 g/mol. The van der Waals surface area contributed by atoms with E-state index in [1.165, 1.54) is 12.1 Å². The standard InChI is InChI=1S/C19H18N4O5S/c1-22(11-14-6-3-4-9-16(14)27-2)17(24)12-29-19-21-20-18(28-19)13-7-5-8-15(10-13)23(25)26/h3-10H,11-12H2,1-2H3. The summed E-state index contributed by atoms with van der Waals surface area (Å²) in [4.78, 5) is 24.4. The zero-order valence-corrected chi connectivity index (χ0v) is 16.6. The third kappa shape index (κ3) is 5.11. The van der Waals surface area contributed by atoms with Crippen LogP contribution in [-0.4, -0.2) is 45.8 Å². The van der Waals surface area contributed by atoms with Gasteiger partial charge in [-0.3, -0.25) is 14.9 Å². The highest BCUT2D eigenvalue weighted by atomic mass is 32.2. The Labute approximate surface area is 170 Å². The number of nitro groups is 1. The van der Waals surface area contributed by atoms with Gasteiger partial charge in [-0.2, -0.15) is 0 Å². The lowest BCUT2D eigenvalue weighted by molar-refractivity contribution is -0.384. The third-order valence-corrected chi connectivity index (χ3v) is 4.86. The first-order chi connectivity index (χ1) is 14.0. The Morgan fingerprint density at radius 3 is 2.79 bits per heavy atom. The van der Waals surface area contributed by atoms with Crippen LogP contribution < -0.4 is 4.74 Å². The number of carbonyl (C=O) groups is 1. The van der Waals surface area contributed by atoms with Crippen LogP contribution in [-0.2, 0) is 11.3 Å². The maximum atomic E-state index is 12.4. The Balaban J connectivity index is 1.59. The molecule has 0 radical (unpaired) electrons. The fraction of sp³-hybridized carbons (Fsp3) is 0.211. The van der Waals surface area contributed by atoms with Crippen LogP contribution in [0.2, 0.25) is 0 Å². The predicted octanol–water partition coefficient (Wildman–Crippen LogP) is 3.40. The van der Waals surface area contributed by atoms with Crippen LogP contribution in [0.3, 0.4) is 0 Å². The number of methoxy groups -OCH3 is 1. The van der Waals surface area contributed by atoms with Crippen molar-refractivity contribution in [3.05, 3.63) is 64.2 Å². The van der Waals surface area contributed by atoms with Gasteiger partial charge in [0.1, 0.15) is 5.75 Å². The fourth-order valence-electron chi connectivity index (χ4n) is 2.55. The first kappa shape index (κ1) is 20.3. The molecule has 0 spiro atoms. The number of non-ortho nitro benzene ring substituents is 1. The van der Waals surface area contributed by atoms with Crippen molar-refractivity contribution >= 4 is 23.4 Å². The number of nitrogens with zero attached hydrogens (tertiary/aromatic N) is 4. The number of carbonyl (C=O) groups excluding carboxylic acids is 1. The Kier molecular flexibility index (Phi) is 6.45. The van der Waals surface area contributed by atoms with Crippen LogP contribution in [0.15, 0.2) is 58.2 Å². The zero-order valence-electron chi connectivity index (χ0n) is 15.8. The number of amides is 1. The van der Waals surface area contributed by atoms with Crippen LogP contribution in [0.4, 0.5) is 5.69 Å². The molecule has 0 saturated heterocycles. The minimum absolute atomic E-state index is 0.0666. The molecule has 2 aromatic carbocycles. The molecule has 1 aromatic heterocycles. The number of benzene rings is 2. The highest BCUT2D eigenvalue weighted by molar-refractivity contribution is 7.99. The Morgan fingerprint density at radius 1 is 1.24 bits per heavy atom. The summed E-state index contributed by atoms with van der Waals surface area (Å²) in [5.74, 6) is 0.878. The lowest BCUT2D eigenvalue weighted by Crippen LogP contribution is -2.28. The summed E-state index contributed by atoms with van der Waals surface area (Å²) in [5, 5.41) is 18.9. The van der Waals surface area contributed by atoms with Crippen molar-refractivity contribution < 1.29 is 18.9 Å². The largest absolute Gasteiger partial charge is 0.496 e. The summed E-state index contributed by atoms with van der Waals surface area (Å²) < 4.78 is 10.8. The van der Waals surface area contributed by atoms with Gasteiger partial charge < -0.3 is 14.1 Å². The zero-order chi connectivity index (χ0) is 20.8. The van der Waals surface area contributed by atoms with Gasteiger partial charge in [-0.05, 0) is 12.1 Å². The van der Waals surface area contributed by atoms with E-state index in [1.807, 2.05) is 24.3 Å². The molecule has 3 aromatic rings. The Morgan fingerprint density at radius 2 is 2.03 bits per heavy atom. The summed E-state index contributed by atoms with van der Waals surface area (Å²) in [6, 6.07) is 13.4. The second-order valence-corrected chi connectivity index (χ2v) is 6.96. The van der Waals surface area contributed by atoms with Gasteiger partial charge in [0, 0.05) is 36.9 Å². The molecule has 0 bridgehead atoms. The predicted molar refractivity (Wildman–Crippen MR) is 107 cm³/mol. The minimum Gasteiger partial charge on any atom is -0.496 e. The second kappa shape index (κ2) is 9.20. The molecular formula is C19H18N4O5S. The van der Waals surface area contributed by atoms with E-state index >= 15 is 0 Å². The molecule has 0 atom stereocenters. The molecule has 3 rings (SSSR count). The average Bonchev–Trinajstić information content (AvgIpc) is 3.21. The molecule has 0 saturated carbocycles. The van der Waals surface area contributed by atoms with Gasteiger partial charge in [-0.1, -0.05) is 36.0 Å². The van der Waals surface area contributed by atoms with Crippen LogP contribution in [0.1, 0.15) is 5.56 Å². The Hall–Kier alpha value is -3.40. The van der Waals surface area contributed by atoms with Crippen LogP contribution in [0, 0.1) is 10.1 Å². The molecule has 0 aliphatic rings. The van der Waals surface area contributed by atoms with Gasteiger partial charge in [0.15, 0.2) is 0 Å². The highest BCUT2D eigenvalue weighted by Crippen LogP contribution is 2.26. The molecule has 1 heterocycles. The molecule has 29 heavy (non-hydrogen) atoms. The van der Waals surface area contributed by atoms with E-state index in [0.29, 0.717) is 12.1 Å². The van der Waals surface area contributed by atoms with Crippen LogP contribution in [0.5, 0.6) is 5.75 Å². The molecule has 0 unspecified atom stereocenters. The number of aromatic nitrogens is 2. The van der Waals surface area contributed by atoms with E-state index in [4.69, 9.17) is 9.15 Å². The van der Waals surface area contributed by atoms with Gasteiger partial charge in [0.2, 0.25) is 11.8 Å².